The van der Waals surface area contributed by atoms with Gasteiger partial charge in [-0.15, -0.1) is 0 Å². The normalized spacial score (nSPS) is 12.4. The summed E-state index contributed by atoms with van der Waals surface area (Å²) in [5, 5.41) is 8.57. The summed E-state index contributed by atoms with van der Waals surface area (Å²) in [4.78, 5) is 12.0. The van der Waals surface area contributed by atoms with Crippen LogP contribution in [0.3, 0.4) is 0 Å². The van der Waals surface area contributed by atoms with Crippen LogP contribution in [0.1, 0.15) is 31.4 Å². The number of carbonyl (C=O) groups is 1. The van der Waals surface area contributed by atoms with Crippen LogP contribution in [0.2, 0.25) is 5.02 Å². The molecule has 2 aromatic carbocycles. The van der Waals surface area contributed by atoms with E-state index in [9.17, 15) is 13.2 Å². The van der Waals surface area contributed by atoms with Crippen LogP contribution in [-0.4, -0.2) is 20.9 Å². The third-order valence-corrected chi connectivity index (χ3v) is 4.90. The minimum Gasteiger partial charge on any atom is -0.494 e. The third kappa shape index (κ3) is 6.33. The van der Waals surface area contributed by atoms with Crippen molar-refractivity contribution in [1.29, 1.82) is 0 Å². The van der Waals surface area contributed by atoms with Crippen molar-refractivity contribution < 1.29 is 17.9 Å². The highest BCUT2D eigenvalue weighted by Crippen LogP contribution is 2.17. The van der Waals surface area contributed by atoms with E-state index in [0.717, 1.165) is 5.56 Å². The molecular formula is C18H21ClN2O4S. The maximum atomic E-state index is 12.0. The second-order valence-corrected chi connectivity index (χ2v) is 7.81. The van der Waals surface area contributed by atoms with E-state index in [2.05, 4.69) is 5.32 Å². The Balaban J connectivity index is 1.75. The number of primary sulfonamides is 1. The van der Waals surface area contributed by atoms with E-state index in [1.54, 1.807) is 36.4 Å². The molecule has 140 valence electrons. The zero-order chi connectivity index (χ0) is 19.2. The number of ether oxygens (including phenoxy) is 1. The van der Waals surface area contributed by atoms with E-state index in [1.807, 2.05) is 6.92 Å². The number of hydrogen-bond donors (Lipinski definition) is 2. The fourth-order valence-electron chi connectivity index (χ4n) is 2.30. The van der Waals surface area contributed by atoms with Crippen molar-refractivity contribution >= 4 is 27.5 Å². The minimum atomic E-state index is -3.72. The molecule has 0 fully saturated rings. The van der Waals surface area contributed by atoms with E-state index >= 15 is 0 Å². The van der Waals surface area contributed by atoms with Gasteiger partial charge < -0.3 is 10.1 Å². The number of halogens is 1. The molecule has 0 aliphatic carbocycles. The Hall–Kier alpha value is -2.09. The lowest BCUT2D eigenvalue weighted by atomic mass is 10.1. The van der Waals surface area contributed by atoms with Crippen LogP contribution in [0.4, 0.5) is 0 Å². The summed E-state index contributed by atoms with van der Waals surface area (Å²) in [7, 11) is -3.72. The molecule has 1 unspecified atom stereocenters. The van der Waals surface area contributed by atoms with Crippen molar-refractivity contribution in [1.82, 2.24) is 5.32 Å². The lowest BCUT2D eigenvalue weighted by molar-refractivity contribution is -0.121. The largest absolute Gasteiger partial charge is 0.494 e. The quantitative estimate of drug-likeness (QED) is 0.670. The number of amides is 1. The Morgan fingerprint density at radius 3 is 2.35 bits per heavy atom. The fourth-order valence-corrected chi connectivity index (χ4v) is 2.94. The molecule has 0 aliphatic rings. The summed E-state index contributed by atoms with van der Waals surface area (Å²) >= 11 is 5.80. The summed E-state index contributed by atoms with van der Waals surface area (Å²) in [6.45, 7) is 2.25. The average Bonchev–Trinajstić information content (AvgIpc) is 2.59. The van der Waals surface area contributed by atoms with Gasteiger partial charge in [0.2, 0.25) is 15.9 Å². The van der Waals surface area contributed by atoms with Gasteiger partial charge in [0.15, 0.2) is 0 Å². The molecule has 1 amide bonds. The topological polar surface area (TPSA) is 98.5 Å². The van der Waals surface area contributed by atoms with Crippen molar-refractivity contribution in [2.45, 2.75) is 30.7 Å². The number of nitrogens with one attached hydrogen (secondary N) is 1. The highest BCUT2D eigenvalue weighted by molar-refractivity contribution is 7.89. The van der Waals surface area contributed by atoms with E-state index in [0.29, 0.717) is 30.2 Å². The molecule has 0 saturated carbocycles. The third-order valence-electron chi connectivity index (χ3n) is 3.72. The van der Waals surface area contributed by atoms with Gasteiger partial charge in [0, 0.05) is 11.4 Å². The molecule has 0 aliphatic heterocycles. The van der Waals surface area contributed by atoms with Crippen molar-refractivity contribution in [3.05, 3.63) is 59.1 Å². The Bertz CT molecular complexity index is 836. The Kier molecular flexibility index (Phi) is 7.02. The fraction of sp³-hybridized carbons (Fsp3) is 0.278. The first kappa shape index (κ1) is 20.2. The predicted molar refractivity (Wildman–Crippen MR) is 101 cm³/mol. The molecule has 3 N–H and O–H groups in total. The Morgan fingerprint density at radius 2 is 1.77 bits per heavy atom. The first-order valence-electron chi connectivity index (χ1n) is 8.06. The Morgan fingerprint density at radius 1 is 1.15 bits per heavy atom. The molecule has 1 atom stereocenters. The molecule has 0 spiro atoms. The predicted octanol–water partition coefficient (Wildman–Crippen LogP) is 3.02. The first-order chi connectivity index (χ1) is 12.3. The van der Waals surface area contributed by atoms with E-state index in [1.165, 1.54) is 12.1 Å². The number of hydrogen-bond acceptors (Lipinski definition) is 4. The van der Waals surface area contributed by atoms with Gasteiger partial charge in [-0.05, 0) is 55.3 Å². The molecule has 26 heavy (non-hydrogen) atoms. The summed E-state index contributed by atoms with van der Waals surface area (Å²) in [6.07, 6.45) is 0.902. The van der Waals surface area contributed by atoms with Crippen molar-refractivity contribution in [2.24, 2.45) is 5.14 Å². The van der Waals surface area contributed by atoms with Crippen LogP contribution in [0.5, 0.6) is 5.75 Å². The maximum Gasteiger partial charge on any atom is 0.238 e. The van der Waals surface area contributed by atoms with Gasteiger partial charge in [0.05, 0.1) is 17.5 Å². The molecule has 0 aromatic heterocycles. The highest BCUT2D eigenvalue weighted by atomic mass is 35.5. The molecule has 8 heteroatoms. The smallest absolute Gasteiger partial charge is 0.238 e. The van der Waals surface area contributed by atoms with E-state index in [4.69, 9.17) is 21.5 Å². The molecule has 6 nitrogen and oxygen atoms in total. The van der Waals surface area contributed by atoms with Crippen LogP contribution in [0.25, 0.3) is 0 Å². The molecule has 0 saturated heterocycles. The second kappa shape index (κ2) is 9.02. The van der Waals surface area contributed by atoms with Crippen molar-refractivity contribution in [3.8, 4) is 5.75 Å². The van der Waals surface area contributed by atoms with Gasteiger partial charge in [0.1, 0.15) is 5.75 Å². The minimum absolute atomic E-state index is 0.0409. The number of nitrogens with two attached hydrogens (primary N) is 1. The summed E-state index contributed by atoms with van der Waals surface area (Å²) < 4.78 is 28.0. The first-order valence-corrected chi connectivity index (χ1v) is 9.98. The number of benzene rings is 2. The molecule has 2 rings (SSSR count). The number of sulfonamides is 1. The lowest BCUT2D eigenvalue weighted by Crippen LogP contribution is -2.26. The van der Waals surface area contributed by atoms with E-state index in [-0.39, 0.29) is 16.8 Å². The monoisotopic (exact) mass is 396 g/mol. The summed E-state index contributed by atoms with van der Waals surface area (Å²) in [6, 6.07) is 12.9. The van der Waals surface area contributed by atoms with Crippen molar-refractivity contribution in [2.75, 3.05) is 6.61 Å². The van der Waals surface area contributed by atoms with Crippen LogP contribution >= 0.6 is 11.6 Å². The SMILES string of the molecule is CC(NC(=O)CCCOc1ccc(Cl)cc1)c1ccc(S(N)(=O)=O)cc1. The lowest BCUT2D eigenvalue weighted by Gasteiger charge is -2.15. The van der Waals surface area contributed by atoms with Crippen LogP contribution < -0.4 is 15.2 Å². The average molecular weight is 397 g/mol. The van der Waals surface area contributed by atoms with Gasteiger partial charge >= 0.3 is 0 Å². The molecular weight excluding hydrogens is 376 g/mol. The summed E-state index contributed by atoms with van der Waals surface area (Å²) in [5.74, 6) is 0.603. The Labute approximate surface area is 158 Å². The number of rotatable bonds is 8. The zero-order valence-corrected chi connectivity index (χ0v) is 15.9. The second-order valence-electron chi connectivity index (χ2n) is 5.81. The summed E-state index contributed by atoms with van der Waals surface area (Å²) in [5.41, 5.74) is 0.795. The molecule has 0 heterocycles. The van der Waals surface area contributed by atoms with Gasteiger partial charge in [-0.3, -0.25) is 4.79 Å². The van der Waals surface area contributed by atoms with Gasteiger partial charge in [-0.25, -0.2) is 13.6 Å². The van der Waals surface area contributed by atoms with Gasteiger partial charge in [-0.2, -0.15) is 0 Å². The number of carbonyl (C=O) groups excluding carboxylic acids is 1. The van der Waals surface area contributed by atoms with Gasteiger partial charge in [-0.1, -0.05) is 23.7 Å². The highest BCUT2D eigenvalue weighted by Gasteiger charge is 2.12. The molecule has 0 radical (unpaired) electrons. The zero-order valence-electron chi connectivity index (χ0n) is 14.3. The van der Waals surface area contributed by atoms with Gasteiger partial charge in [0.25, 0.3) is 0 Å². The maximum absolute atomic E-state index is 12.0. The molecule has 0 bridgehead atoms. The van der Waals surface area contributed by atoms with Crippen LogP contribution in [0.15, 0.2) is 53.4 Å². The molecule has 2 aromatic rings. The van der Waals surface area contributed by atoms with Crippen LogP contribution in [0, 0.1) is 0 Å². The van der Waals surface area contributed by atoms with Crippen LogP contribution in [-0.2, 0) is 14.8 Å². The van der Waals surface area contributed by atoms with E-state index < -0.39 is 10.0 Å². The standard InChI is InChI=1S/C18H21ClN2O4S/c1-13(14-4-10-17(11-5-14)26(20,23)24)21-18(22)3-2-12-25-16-8-6-15(19)7-9-16/h4-11,13H,2-3,12H2,1H3,(H,21,22)(H2,20,23,24). The van der Waals surface area contributed by atoms with Crippen molar-refractivity contribution in [3.63, 3.8) is 0 Å².